The van der Waals surface area contributed by atoms with Crippen LogP contribution in [0, 0.1) is 6.92 Å². The molecule has 0 saturated heterocycles. The fraction of sp³-hybridized carbons (Fsp3) is 0.154. The molecule has 0 bridgehead atoms. The number of imide groups is 1. The smallest absolute Gasteiger partial charge is 0.282 e. The Labute approximate surface area is 192 Å². The Morgan fingerprint density at radius 1 is 0.758 bits per heavy atom. The zero-order valence-corrected chi connectivity index (χ0v) is 18.8. The van der Waals surface area contributed by atoms with Gasteiger partial charge in [0.1, 0.15) is 22.9 Å². The lowest BCUT2D eigenvalue weighted by Gasteiger charge is -2.18. The van der Waals surface area contributed by atoms with E-state index >= 15 is 0 Å². The van der Waals surface area contributed by atoms with E-state index in [0.717, 1.165) is 5.56 Å². The van der Waals surface area contributed by atoms with E-state index < -0.39 is 11.8 Å². The van der Waals surface area contributed by atoms with Gasteiger partial charge in [0.05, 0.1) is 38.3 Å². The lowest BCUT2D eigenvalue weighted by atomic mass is 10.0. The number of nitrogens with one attached hydrogen (secondary N) is 1. The number of anilines is 2. The van der Waals surface area contributed by atoms with E-state index in [0.29, 0.717) is 34.2 Å². The van der Waals surface area contributed by atoms with Crippen molar-refractivity contribution in [2.45, 2.75) is 6.92 Å². The van der Waals surface area contributed by atoms with Crippen molar-refractivity contribution >= 4 is 28.8 Å². The summed E-state index contributed by atoms with van der Waals surface area (Å²) in [4.78, 5) is 28.4. The molecule has 33 heavy (non-hydrogen) atoms. The van der Waals surface area contributed by atoms with Crippen LogP contribution in [0.1, 0.15) is 11.1 Å². The number of benzene rings is 3. The summed E-state index contributed by atoms with van der Waals surface area (Å²) in [5.41, 5.74) is 2.86. The van der Waals surface area contributed by atoms with Gasteiger partial charge in [-0.3, -0.25) is 9.59 Å². The summed E-state index contributed by atoms with van der Waals surface area (Å²) in [6, 6.07) is 19.5. The van der Waals surface area contributed by atoms with Gasteiger partial charge in [0.25, 0.3) is 11.8 Å². The number of nitrogens with zero attached hydrogens (tertiary/aromatic N) is 1. The number of amides is 2. The summed E-state index contributed by atoms with van der Waals surface area (Å²) in [7, 11) is 4.66. The number of aryl methyl sites for hydroxylation is 1. The third-order valence-corrected chi connectivity index (χ3v) is 5.49. The van der Waals surface area contributed by atoms with Crippen molar-refractivity contribution in [3.8, 4) is 17.2 Å². The fourth-order valence-corrected chi connectivity index (χ4v) is 3.75. The van der Waals surface area contributed by atoms with E-state index in [4.69, 9.17) is 14.2 Å². The molecule has 7 heteroatoms. The summed E-state index contributed by atoms with van der Waals surface area (Å²) in [5, 5.41) is 3.14. The normalized spacial score (nSPS) is 13.4. The van der Waals surface area contributed by atoms with Crippen molar-refractivity contribution < 1.29 is 23.8 Å². The number of rotatable bonds is 7. The van der Waals surface area contributed by atoms with Crippen LogP contribution in [0.4, 0.5) is 11.4 Å². The summed E-state index contributed by atoms with van der Waals surface area (Å²) in [6.07, 6.45) is 0. The summed E-state index contributed by atoms with van der Waals surface area (Å²) in [6.45, 7) is 1.86. The number of carbonyl (C=O) groups excluding carboxylic acids is 2. The van der Waals surface area contributed by atoms with Crippen molar-refractivity contribution in [1.82, 2.24) is 0 Å². The van der Waals surface area contributed by atoms with Crippen LogP contribution < -0.4 is 24.4 Å². The quantitative estimate of drug-likeness (QED) is 0.544. The highest BCUT2D eigenvalue weighted by Gasteiger charge is 2.41. The minimum atomic E-state index is -0.454. The molecule has 168 valence electrons. The molecule has 4 rings (SSSR count). The van der Waals surface area contributed by atoms with Crippen molar-refractivity contribution in [3.05, 3.63) is 83.6 Å². The third kappa shape index (κ3) is 4.01. The number of para-hydroxylation sites is 1. The Kier molecular flexibility index (Phi) is 6.04. The molecular formula is C26H24N2O5. The van der Waals surface area contributed by atoms with Gasteiger partial charge in [-0.1, -0.05) is 30.3 Å². The zero-order chi connectivity index (χ0) is 23.5. The molecule has 1 heterocycles. The second-order valence-electron chi connectivity index (χ2n) is 7.40. The molecule has 0 spiro atoms. The molecule has 7 nitrogen and oxygen atoms in total. The summed E-state index contributed by atoms with van der Waals surface area (Å²) < 4.78 is 16.0. The van der Waals surface area contributed by atoms with Gasteiger partial charge in [-0.25, -0.2) is 4.90 Å². The van der Waals surface area contributed by atoms with Crippen molar-refractivity contribution in [2.75, 3.05) is 31.5 Å². The lowest BCUT2D eigenvalue weighted by molar-refractivity contribution is -0.120. The summed E-state index contributed by atoms with van der Waals surface area (Å²) in [5.74, 6) is 0.870. The second-order valence-corrected chi connectivity index (χ2v) is 7.40. The third-order valence-electron chi connectivity index (χ3n) is 5.49. The highest BCUT2D eigenvalue weighted by molar-refractivity contribution is 6.46. The van der Waals surface area contributed by atoms with Crippen molar-refractivity contribution in [2.24, 2.45) is 0 Å². The number of hydrogen-bond acceptors (Lipinski definition) is 6. The molecule has 1 aliphatic heterocycles. The van der Waals surface area contributed by atoms with Gasteiger partial charge in [-0.15, -0.1) is 0 Å². The standard InChI is InChI=1S/C26H24N2O5/c1-16-7-5-6-8-21(16)28-25(29)23(17-9-11-18(31-2)12-10-17)24(26(28)30)27-20-15-19(32-3)13-14-22(20)33-4/h5-15,27H,1-4H3. The maximum absolute atomic E-state index is 13.6. The van der Waals surface area contributed by atoms with Crippen molar-refractivity contribution in [1.29, 1.82) is 0 Å². The number of methoxy groups -OCH3 is 3. The number of hydrogen-bond donors (Lipinski definition) is 1. The van der Waals surface area contributed by atoms with Gasteiger partial charge in [-0.05, 0) is 48.4 Å². The highest BCUT2D eigenvalue weighted by Crippen LogP contribution is 2.38. The first-order valence-electron chi connectivity index (χ1n) is 10.3. The van der Waals surface area contributed by atoms with Crippen LogP contribution in [0.25, 0.3) is 5.57 Å². The van der Waals surface area contributed by atoms with Crippen LogP contribution in [0.2, 0.25) is 0 Å². The first-order chi connectivity index (χ1) is 16.0. The van der Waals surface area contributed by atoms with E-state index in [1.165, 1.54) is 12.0 Å². The first kappa shape index (κ1) is 22.0. The molecular weight excluding hydrogens is 420 g/mol. The average Bonchev–Trinajstić information content (AvgIpc) is 3.08. The molecule has 2 amide bonds. The molecule has 0 saturated carbocycles. The fourth-order valence-electron chi connectivity index (χ4n) is 3.75. The van der Waals surface area contributed by atoms with E-state index in [1.54, 1.807) is 68.8 Å². The van der Waals surface area contributed by atoms with Crippen LogP contribution in [0.15, 0.2) is 72.4 Å². The van der Waals surface area contributed by atoms with Crippen LogP contribution in [-0.4, -0.2) is 33.1 Å². The molecule has 0 aromatic heterocycles. The maximum Gasteiger partial charge on any atom is 0.282 e. The largest absolute Gasteiger partial charge is 0.497 e. The molecule has 0 radical (unpaired) electrons. The predicted molar refractivity (Wildman–Crippen MR) is 127 cm³/mol. The Morgan fingerprint density at radius 2 is 1.42 bits per heavy atom. The first-order valence-corrected chi connectivity index (χ1v) is 10.3. The van der Waals surface area contributed by atoms with Gasteiger partial charge < -0.3 is 19.5 Å². The van der Waals surface area contributed by atoms with Crippen LogP contribution in [0.5, 0.6) is 17.2 Å². The van der Waals surface area contributed by atoms with E-state index in [-0.39, 0.29) is 11.3 Å². The number of ether oxygens (including phenoxy) is 3. The lowest BCUT2D eigenvalue weighted by Crippen LogP contribution is -2.33. The van der Waals surface area contributed by atoms with Gasteiger partial charge in [-0.2, -0.15) is 0 Å². The Hall–Kier alpha value is -4.26. The Morgan fingerprint density at radius 3 is 2.06 bits per heavy atom. The second kappa shape index (κ2) is 9.08. The highest BCUT2D eigenvalue weighted by atomic mass is 16.5. The average molecular weight is 444 g/mol. The van der Waals surface area contributed by atoms with Crippen LogP contribution >= 0.6 is 0 Å². The minimum Gasteiger partial charge on any atom is -0.497 e. The van der Waals surface area contributed by atoms with Crippen molar-refractivity contribution in [3.63, 3.8) is 0 Å². The number of carbonyl (C=O) groups is 2. The van der Waals surface area contributed by atoms with Gasteiger partial charge in [0.15, 0.2) is 0 Å². The molecule has 0 fully saturated rings. The van der Waals surface area contributed by atoms with E-state index in [9.17, 15) is 9.59 Å². The summed E-state index contributed by atoms with van der Waals surface area (Å²) >= 11 is 0. The Bertz CT molecular complexity index is 1250. The molecule has 0 aliphatic carbocycles. The monoisotopic (exact) mass is 444 g/mol. The maximum atomic E-state index is 13.6. The van der Waals surface area contributed by atoms with Crippen LogP contribution in [0.3, 0.4) is 0 Å². The molecule has 3 aromatic carbocycles. The molecule has 0 unspecified atom stereocenters. The SMILES string of the molecule is COc1ccc(C2=C(Nc3cc(OC)ccc3OC)C(=O)N(c3ccccc3C)C2=O)cc1. The molecule has 0 atom stereocenters. The van der Waals surface area contributed by atoms with Crippen LogP contribution in [-0.2, 0) is 9.59 Å². The van der Waals surface area contributed by atoms with Gasteiger partial charge in [0, 0.05) is 6.07 Å². The van der Waals surface area contributed by atoms with E-state index in [1.807, 2.05) is 19.1 Å². The van der Waals surface area contributed by atoms with E-state index in [2.05, 4.69) is 5.32 Å². The molecule has 1 N–H and O–H groups in total. The van der Waals surface area contributed by atoms with Gasteiger partial charge >= 0.3 is 0 Å². The predicted octanol–water partition coefficient (Wildman–Crippen LogP) is 4.42. The Balaban J connectivity index is 1.86. The molecule has 1 aliphatic rings. The zero-order valence-electron chi connectivity index (χ0n) is 18.8. The molecule has 3 aromatic rings. The topological polar surface area (TPSA) is 77.1 Å². The minimum absolute atomic E-state index is 0.153. The van der Waals surface area contributed by atoms with Gasteiger partial charge in [0.2, 0.25) is 0 Å².